The van der Waals surface area contributed by atoms with Gasteiger partial charge in [0.05, 0.1) is 31.7 Å². The highest BCUT2D eigenvalue weighted by Gasteiger charge is 2.38. The van der Waals surface area contributed by atoms with E-state index in [4.69, 9.17) is 15.2 Å². The van der Waals surface area contributed by atoms with Crippen LogP contribution in [0.3, 0.4) is 0 Å². The van der Waals surface area contributed by atoms with E-state index in [1.54, 1.807) is 6.20 Å². The third-order valence-corrected chi connectivity index (χ3v) is 3.85. The lowest BCUT2D eigenvalue weighted by atomic mass is 9.99. The Hall–Kier alpha value is -1.70. The maximum absolute atomic E-state index is 12.2. The molecule has 2 fully saturated rings. The monoisotopic (exact) mass is 292 g/mol. The first kappa shape index (κ1) is 14.2. The minimum Gasteiger partial charge on any atom is -0.379 e. The van der Waals surface area contributed by atoms with Gasteiger partial charge in [0.25, 0.3) is 0 Å². The van der Waals surface area contributed by atoms with Gasteiger partial charge in [0.1, 0.15) is 11.4 Å². The number of pyridine rings is 1. The fourth-order valence-electron chi connectivity index (χ4n) is 2.45. The van der Waals surface area contributed by atoms with Crippen molar-refractivity contribution >= 4 is 17.4 Å². The summed E-state index contributed by atoms with van der Waals surface area (Å²) in [5.41, 5.74) is 5.74. The molecular formula is C14H20N4O3. The number of rotatable bonds is 3. The van der Waals surface area contributed by atoms with Crippen LogP contribution in [0.1, 0.15) is 6.42 Å². The number of nitrogens with one attached hydrogen (secondary N) is 1. The standard InChI is InChI=1S/C14H20N4O3/c15-14(3-6-21-10-14)13(19)17-11-1-2-12(16-9-11)18-4-7-20-8-5-18/h1-2,9H,3-8,10,15H2,(H,17,19). The van der Waals surface area contributed by atoms with Gasteiger partial charge in [0.2, 0.25) is 5.91 Å². The first-order chi connectivity index (χ1) is 10.2. The van der Waals surface area contributed by atoms with Crippen LogP contribution in [0.4, 0.5) is 11.5 Å². The SMILES string of the molecule is NC1(C(=O)Nc2ccc(N3CCOCC3)nc2)CCOC1. The lowest BCUT2D eigenvalue weighted by Crippen LogP contribution is -2.51. The highest BCUT2D eigenvalue weighted by Crippen LogP contribution is 2.19. The van der Waals surface area contributed by atoms with Crippen molar-refractivity contribution in [1.29, 1.82) is 0 Å². The molecule has 2 saturated heterocycles. The van der Waals surface area contributed by atoms with E-state index in [-0.39, 0.29) is 12.5 Å². The van der Waals surface area contributed by atoms with Crippen LogP contribution in [0.2, 0.25) is 0 Å². The number of nitrogens with zero attached hydrogens (tertiary/aromatic N) is 2. The van der Waals surface area contributed by atoms with Gasteiger partial charge in [-0.3, -0.25) is 4.79 Å². The molecule has 1 atom stereocenters. The second kappa shape index (κ2) is 5.97. The van der Waals surface area contributed by atoms with Gasteiger partial charge in [0.15, 0.2) is 0 Å². The molecule has 114 valence electrons. The smallest absolute Gasteiger partial charge is 0.246 e. The van der Waals surface area contributed by atoms with Gasteiger partial charge in [-0.05, 0) is 18.6 Å². The zero-order valence-corrected chi connectivity index (χ0v) is 11.9. The maximum Gasteiger partial charge on any atom is 0.246 e. The minimum atomic E-state index is -0.928. The summed E-state index contributed by atoms with van der Waals surface area (Å²) in [5.74, 6) is 0.670. The van der Waals surface area contributed by atoms with Gasteiger partial charge in [-0.25, -0.2) is 4.98 Å². The summed E-state index contributed by atoms with van der Waals surface area (Å²) in [6.45, 7) is 3.89. The second-order valence-corrected chi connectivity index (χ2v) is 5.42. The van der Waals surface area contributed by atoms with Crippen LogP contribution >= 0.6 is 0 Å². The lowest BCUT2D eigenvalue weighted by molar-refractivity contribution is -0.121. The lowest BCUT2D eigenvalue weighted by Gasteiger charge is -2.28. The topological polar surface area (TPSA) is 89.7 Å². The number of carbonyl (C=O) groups is 1. The van der Waals surface area contributed by atoms with Crippen molar-refractivity contribution in [1.82, 2.24) is 4.98 Å². The van der Waals surface area contributed by atoms with Gasteiger partial charge >= 0.3 is 0 Å². The summed E-state index contributed by atoms with van der Waals surface area (Å²) >= 11 is 0. The number of hydrogen-bond acceptors (Lipinski definition) is 6. The average Bonchev–Trinajstić information content (AvgIpc) is 2.97. The Morgan fingerprint density at radius 1 is 1.29 bits per heavy atom. The van der Waals surface area contributed by atoms with Crippen molar-refractivity contribution in [2.24, 2.45) is 5.73 Å². The predicted octanol–water partition coefficient (Wildman–Crippen LogP) is -0.0255. The van der Waals surface area contributed by atoms with Crippen LogP contribution < -0.4 is 16.0 Å². The number of morpholine rings is 1. The molecular weight excluding hydrogens is 272 g/mol. The predicted molar refractivity (Wildman–Crippen MR) is 78.3 cm³/mol. The number of ether oxygens (including phenoxy) is 2. The Balaban J connectivity index is 1.62. The zero-order chi connectivity index (χ0) is 14.7. The molecule has 21 heavy (non-hydrogen) atoms. The molecule has 1 aromatic heterocycles. The van der Waals surface area contributed by atoms with E-state index in [2.05, 4.69) is 15.2 Å². The molecule has 1 unspecified atom stereocenters. The van der Waals surface area contributed by atoms with Gasteiger partial charge in [0, 0.05) is 19.7 Å². The minimum absolute atomic E-state index is 0.221. The second-order valence-electron chi connectivity index (χ2n) is 5.42. The van der Waals surface area contributed by atoms with Crippen molar-refractivity contribution in [3.63, 3.8) is 0 Å². The Morgan fingerprint density at radius 2 is 2.10 bits per heavy atom. The number of carbonyl (C=O) groups excluding carboxylic acids is 1. The number of nitrogens with two attached hydrogens (primary N) is 1. The van der Waals surface area contributed by atoms with Crippen molar-refractivity contribution in [3.05, 3.63) is 18.3 Å². The van der Waals surface area contributed by atoms with Crippen LogP contribution in [0.25, 0.3) is 0 Å². The van der Waals surface area contributed by atoms with Crippen LogP contribution in [0.5, 0.6) is 0 Å². The fourth-order valence-corrected chi connectivity index (χ4v) is 2.45. The highest BCUT2D eigenvalue weighted by atomic mass is 16.5. The Labute approximate surface area is 123 Å². The number of amides is 1. The van der Waals surface area contributed by atoms with Crippen molar-refractivity contribution in [2.45, 2.75) is 12.0 Å². The Kier molecular flexibility index (Phi) is 4.05. The summed E-state index contributed by atoms with van der Waals surface area (Å²) in [5, 5.41) is 2.80. The van der Waals surface area contributed by atoms with Crippen LogP contribution in [0, 0.1) is 0 Å². The Bertz CT molecular complexity index is 493. The van der Waals surface area contributed by atoms with Crippen molar-refractivity contribution in [3.8, 4) is 0 Å². The molecule has 3 heterocycles. The molecule has 0 saturated carbocycles. The zero-order valence-electron chi connectivity index (χ0n) is 11.9. The molecule has 3 N–H and O–H groups in total. The van der Waals surface area contributed by atoms with Crippen molar-refractivity contribution < 1.29 is 14.3 Å². The van der Waals surface area contributed by atoms with E-state index < -0.39 is 5.54 Å². The van der Waals surface area contributed by atoms with E-state index in [9.17, 15) is 4.79 Å². The molecule has 3 rings (SSSR count). The molecule has 0 spiro atoms. The molecule has 0 aliphatic carbocycles. The molecule has 7 nitrogen and oxygen atoms in total. The van der Waals surface area contributed by atoms with Crippen LogP contribution in [-0.4, -0.2) is 55.9 Å². The molecule has 0 bridgehead atoms. The first-order valence-electron chi connectivity index (χ1n) is 7.14. The Morgan fingerprint density at radius 3 is 2.71 bits per heavy atom. The maximum atomic E-state index is 12.2. The molecule has 0 radical (unpaired) electrons. The molecule has 2 aliphatic heterocycles. The molecule has 2 aliphatic rings. The highest BCUT2D eigenvalue weighted by molar-refractivity contribution is 5.98. The van der Waals surface area contributed by atoms with E-state index in [1.165, 1.54) is 0 Å². The van der Waals surface area contributed by atoms with Crippen molar-refractivity contribution in [2.75, 3.05) is 49.7 Å². The summed E-state index contributed by atoms with van der Waals surface area (Å²) in [6.07, 6.45) is 2.19. The van der Waals surface area contributed by atoms with E-state index in [1.807, 2.05) is 12.1 Å². The van der Waals surface area contributed by atoms with Crippen LogP contribution in [0.15, 0.2) is 18.3 Å². The van der Waals surface area contributed by atoms with Gasteiger partial charge in [-0.15, -0.1) is 0 Å². The quantitative estimate of drug-likeness (QED) is 0.813. The fraction of sp³-hybridized carbons (Fsp3) is 0.571. The largest absolute Gasteiger partial charge is 0.379 e. The normalized spacial score (nSPS) is 25.9. The van der Waals surface area contributed by atoms with E-state index in [0.717, 1.165) is 32.1 Å². The number of anilines is 2. The van der Waals surface area contributed by atoms with Crippen LogP contribution in [-0.2, 0) is 14.3 Å². The molecule has 7 heteroatoms. The summed E-state index contributed by atoms with van der Waals surface area (Å²) in [4.78, 5) is 18.7. The van der Waals surface area contributed by atoms with E-state index in [0.29, 0.717) is 18.7 Å². The number of aromatic nitrogens is 1. The summed E-state index contributed by atoms with van der Waals surface area (Å²) < 4.78 is 10.5. The van der Waals surface area contributed by atoms with E-state index >= 15 is 0 Å². The van der Waals surface area contributed by atoms with Gasteiger partial charge in [-0.2, -0.15) is 0 Å². The average molecular weight is 292 g/mol. The number of hydrogen-bond donors (Lipinski definition) is 2. The first-order valence-corrected chi connectivity index (χ1v) is 7.14. The third kappa shape index (κ3) is 3.15. The third-order valence-electron chi connectivity index (χ3n) is 3.85. The van der Waals surface area contributed by atoms with Gasteiger partial charge < -0.3 is 25.4 Å². The molecule has 1 aromatic rings. The summed E-state index contributed by atoms with van der Waals surface area (Å²) in [6, 6.07) is 3.74. The molecule has 1 amide bonds. The molecule has 0 aromatic carbocycles. The van der Waals surface area contributed by atoms with Gasteiger partial charge in [-0.1, -0.05) is 0 Å². The summed E-state index contributed by atoms with van der Waals surface area (Å²) in [7, 11) is 0.